The van der Waals surface area contributed by atoms with E-state index in [2.05, 4.69) is 27.0 Å². The van der Waals surface area contributed by atoms with Crippen LogP contribution in [0.3, 0.4) is 0 Å². The Morgan fingerprint density at radius 2 is 2.13 bits per heavy atom. The van der Waals surface area contributed by atoms with Crippen molar-refractivity contribution in [2.75, 3.05) is 53.0 Å². The number of hydrogen-bond donors (Lipinski definition) is 2. The highest BCUT2D eigenvalue weighted by Crippen LogP contribution is 2.25. The number of ether oxygens (including phenoxy) is 1. The molecule has 0 spiro atoms. The minimum Gasteiger partial charge on any atom is -0.383 e. The fourth-order valence-corrected chi connectivity index (χ4v) is 3.23. The Balaban J connectivity index is 0.00000264. The van der Waals surface area contributed by atoms with Gasteiger partial charge in [0.2, 0.25) is 0 Å². The van der Waals surface area contributed by atoms with E-state index in [4.69, 9.17) is 10.5 Å². The van der Waals surface area contributed by atoms with E-state index >= 15 is 0 Å². The molecule has 1 aliphatic heterocycles. The predicted molar refractivity (Wildman–Crippen MR) is 107 cm³/mol. The molecule has 2 aliphatic rings. The largest absolute Gasteiger partial charge is 0.383 e. The van der Waals surface area contributed by atoms with E-state index in [0.29, 0.717) is 12.0 Å². The third kappa shape index (κ3) is 7.53. The molecule has 0 amide bonds. The van der Waals surface area contributed by atoms with Gasteiger partial charge in [0, 0.05) is 38.8 Å². The SMILES string of the molecule is CCN1CCCC1CN=C(N)NCCN(CCOC)C1CC1.I. The summed E-state index contributed by atoms with van der Waals surface area (Å²) in [6.07, 6.45) is 5.18. The molecule has 2 fully saturated rings. The number of nitrogens with two attached hydrogens (primary N) is 1. The van der Waals surface area contributed by atoms with Crippen LogP contribution in [0.5, 0.6) is 0 Å². The Morgan fingerprint density at radius 3 is 2.78 bits per heavy atom. The lowest BCUT2D eigenvalue weighted by Crippen LogP contribution is -2.41. The summed E-state index contributed by atoms with van der Waals surface area (Å²) in [4.78, 5) is 9.50. The molecular formula is C16H34IN5O. The number of likely N-dealkylation sites (tertiary alicyclic amines) is 1. The zero-order valence-electron chi connectivity index (χ0n) is 14.7. The molecule has 0 aromatic carbocycles. The molecule has 1 unspecified atom stereocenters. The van der Waals surface area contributed by atoms with Gasteiger partial charge in [0.25, 0.3) is 0 Å². The van der Waals surface area contributed by atoms with Crippen molar-refractivity contribution in [3.05, 3.63) is 0 Å². The molecule has 1 heterocycles. The molecule has 1 aliphatic carbocycles. The van der Waals surface area contributed by atoms with E-state index in [9.17, 15) is 0 Å². The van der Waals surface area contributed by atoms with Gasteiger partial charge in [-0.2, -0.15) is 0 Å². The lowest BCUT2D eigenvalue weighted by atomic mass is 10.2. The van der Waals surface area contributed by atoms with Gasteiger partial charge < -0.3 is 15.8 Å². The second-order valence-corrected chi connectivity index (χ2v) is 6.34. The highest BCUT2D eigenvalue weighted by Gasteiger charge is 2.28. The minimum atomic E-state index is 0. The highest BCUT2D eigenvalue weighted by molar-refractivity contribution is 14.0. The lowest BCUT2D eigenvalue weighted by molar-refractivity contribution is 0.144. The van der Waals surface area contributed by atoms with Crippen LogP contribution in [0.2, 0.25) is 0 Å². The summed E-state index contributed by atoms with van der Waals surface area (Å²) in [7, 11) is 1.76. The van der Waals surface area contributed by atoms with Crippen molar-refractivity contribution in [2.24, 2.45) is 10.7 Å². The quantitative estimate of drug-likeness (QED) is 0.303. The van der Waals surface area contributed by atoms with Gasteiger partial charge in [0.1, 0.15) is 0 Å². The summed E-state index contributed by atoms with van der Waals surface area (Å²) in [5.41, 5.74) is 5.99. The van der Waals surface area contributed by atoms with Crippen LogP contribution in [0, 0.1) is 0 Å². The summed E-state index contributed by atoms with van der Waals surface area (Å²) in [5, 5.41) is 3.26. The van der Waals surface area contributed by atoms with Crippen molar-refractivity contribution in [1.82, 2.24) is 15.1 Å². The second kappa shape index (κ2) is 11.4. The van der Waals surface area contributed by atoms with E-state index in [0.717, 1.165) is 45.4 Å². The van der Waals surface area contributed by atoms with Crippen molar-refractivity contribution in [1.29, 1.82) is 0 Å². The van der Waals surface area contributed by atoms with Crippen LogP contribution in [-0.2, 0) is 4.74 Å². The third-order valence-electron chi connectivity index (χ3n) is 4.73. The van der Waals surface area contributed by atoms with Gasteiger partial charge in [-0.25, -0.2) is 0 Å². The maximum atomic E-state index is 5.99. The van der Waals surface area contributed by atoms with E-state index in [1.165, 1.54) is 32.2 Å². The number of guanidine groups is 1. The van der Waals surface area contributed by atoms with Gasteiger partial charge in [-0.05, 0) is 38.8 Å². The van der Waals surface area contributed by atoms with Crippen molar-refractivity contribution >= 4 is 29.9 Å². The number of likely N-dealkylation sites (N-methyl/N-ethyl adjacent to an activating group) is 1. The molecule has 136 valence electrons. The van der Waals surface area contributed by atoms with Crippen LogP contribution in [0.15, 0.2) is 4.99 Å². The fraction of sp³-hybridized carbons (Fsp3) is 0.938. The normalized spacial score (nSPS) is 22.4. The number of nitrogens with one attached hydrogen (secondary N) is 1. The maximum absolute atomic E-state index is 5.99. The first-order chi connectivity index (χ1) is 10.7. The van der Waals surface area contributed by atoms with Gasteiger partial charge in [-0.15, -0.1) is 24.0 Å². The summed E-state index contributed by atoms with van der Waals surface area (Å²) < 4.78 is 5.18. The maximum Gasteiger partial charge on any atom is 0.188 e. The van der Waals surface area contributed by atoms with Crippen LogP contribution in [0.1, 0.15) is 32.6 Å². The molecule has 3 N–H and O–H groups in total. The zero-order chi connectivity index (χ0) is 15.8. The number of rotatable bonds is 10. The smallest absolute Gasteiger partial charge is 0.188 e. The van der Waals surface area contributed by atoms with Gasteiger partial charge in [-0.3, -0.25) is 14.8 Å². The van der Waals surface area contributed by atoms with E-state index in [1.54, 1.807) is 7.11 Å². The molecule has 2 rings (SSSR count). The Hall–Kier alpha value is -0.120. The summed E-state index contributed by atoms with van der Waals surface area (Å²) in [6, 6.07) is 1.33. The Morgan fingerprint density at radius 1 is 1.35 bits per heavy atom. The van der Waals surface area contributed by atoms with Crippen LogP contribution in [-0.4, -0.2) is 80.8 Å². The molecule has 0 bridgehead atoms. The molecule has 6 nitrogen and oxygen atoms in total. The Kier molecular flexibility index (Phi) is 10.4. The summed E-state index contributed by atoms with van der Waals surface area (Å²) in [5.74, 6) is 0.588. The number of nitrogens with zero attached hydrogens (tertiary/aromatic N) is 3. The van der Waals surface area contributed by atoms with Crippen molar-refractivity contribution < 1.29 is 4.74 Å². The van der Waals surface area contributed by atoms with Crippen LogP contribution >= 0.6 is 24.0 Å². The summed E-state index contributed by atoms with van der Waals surface area (Å²) in [6.45, 7) is 9.04. The number of halogens is 1. The van der Waals surface area contributed by atoms with Crippen LogP contribution in [0.25, 0.3) is 0 Å². The summed E-state index contributed by atoms with van der Waals surface area (Å²) >= 11 is 0. The molecule has 23 heavy (non-hydrogen) atoms. The van der Waals surface area contributed by atoms with Gasteiger partial charge >= 0.3 is 0 Å². The molecule has 0 aromatic rings. The predicted octanol–water partition coefficient (Wildman–Crippen LogP) is 1.10. The molecule has 0 aromatic heterocycles. The van der Waals surface area contributed by atoms with Crippen LogP contribution in [0.4, 0.5) is 0 Å². The molecular weight excluding hydrogens is 405 g/mol. The first kappa shape index (κ1) is 20.9. The molecule has 1 atom stereocenters. The standard InChI is InChI=1S/C16H33N5O.HI/c1-3-20-9-4-5-15(20)13-19-16(17)18-8-10-21(11-12-22-2)14-6-7-14;/h14-15H,3-13H2,1-2H3,(H3,17,18,19);1H. The first-order valence-electron chi connectivity index (χ1n) is 8.75. The lowest BCUT2D eigenvalue weighted by Gasteiger charge is -2.22. The number of aliphatic imine (C=N–C) groups is 1. The van der Waals surface area contributed by atoms with E-state index < -0.39 is 0 Å². The van der Waals surface area contributed by atoms with Crippen molar-refractivity contribution in [3.8, 4) is 0 Å². The number of hydrogen-bond acceptors (Lipinski definition) is 4. The molecule has 1 saturated heterocycles. The Labute approximate surface area is 158 Å². The van der Waals surface area contributed by atoms with Crippen LogP contribution < -0.4 is 11.1 Å². The third-order valence-corrected chi connectivity index (χ3v) is 4.73. The van der Waals surface area contributed by atoms with E-state index in [1.807, 2.05) is 0 Å². The molecule has 1 saturated carbocycles. The van der Waals surface area contributed by atoms with Gasteiger partial charge in [0.15, 0.2) is 5.96 Å². The fourth-order valence-electron chi connectivity index (χ4n) is 3.23. The Bertz CT molecular complexity index is 351. The molecule has 7 heteroatoms. The highest BCUT2D eigenvalue weighted by atomic mass is 127. The molecule has 0 radical (unpaired) electrons. The van der Waals surface area contributed by atoms with E-state index in [-0.39, 0.29) is 24.0 Å². The average Bonchev–Trinajstić information content (AvgIpc) is 3.26. The minimum absolute atomic E-state index is 0. The monoisotopic (exact) mass is 439 g/mol. The average molecular weight is 439 g/mol. The van der Waals surface area contributed by atoms with Gasteiger partial charge in [-0.1, -0.05) is 6.92 Å². The first-order valence-corrected chi connectivity index (χ1v) is 8.75. The van der Waals surface area contributed by atoms with Gasteiger partial charge in [0.05, 0.1) is 13.2 Å². The van der Waals surface area contributed by atoms with Crippen molar-refractivity contribution in [2.45, 2.75) is 44.7 Å². The topological polar surface area (TPSA) is 66.1 Å². The zero-order valence-corrected chi connectivity index (χ0v) is 17.0. The number of methoxy groups -OCH3 is 1. The van der Waals surface area contributed by atoms with Crippen molar-refractivity contribution in [3.63, 3.8) is 0 Å². The second-order valence-electron chi connectivity index (χ2n) is 6.34.